The first kappa shape index (κ1) is 15.5. The molecule has 0 aromatic heterocycles. The van der Waals surface area contributed by atoms with Crippen LogP contribution in [0, 0.1) is 5.82 Å². The second-order valence-electron chi connectivity index (χ2n) is 5.42. The average molecular weight is 389 g/mol. The van der Waals surface area contributed by atoms with E-state index in [2.05, 4.69) is 15.9 Å². The molecule has 1 amide bonds. The topological polar surface area (TPSA) is 57.6 Å². The molecule has 3 rings (SSSR count). The van der Waals surface area contributed by atoms with Crippen LogP contribution in [0.3, 0.4) is 0 Å². The molecule has 0 radical (unpaired) electrons. The molecular weight excluding hydrogens is 377 g/mol. The van der Waals surface area contributed by atoms with Crippen LogP contribution in [0.4, 0.5) is 4.39 Å². The van der Waals surface area contributed by atoms with Gasteiger partial charge in [0.2, 0.25) is 5.91 Å². The lowest BCUT2D eigenvalue weighted by Gasteiger charge is -2.32. The predicted molar refractivity (Wildman–Crippen MR) is 83.0 cm³/mol. The fraction of sp³-hybridized carbons (Fsp3) is 0.333. The normalized spacial score (nSPS) is 24.2. The lowest BCUT2D eigenvalue weighted by atomic mass is 9.93. The minimum Gasteiger partial charge on any atom is -0.480 e. The van der Waals surface area contributed by atoms with Crippen LogP contribution in [-0.4, -0.2) is 34.0 Å². The van der Waals surface area contributed by atoms with Crippen molar-refractivity contribution < 1.29 is 19.1 Å². The predicted octanol–water partition coefficient (Wildman–Crippen LogP) is 3.47. The Labute approximate surface area is 139 Å². The number of carbonyl (C=O) groups excluding carboxylic acids is 1. The quantitative estimate of drug-likeness (QED) is 0.789. The summed E-state index contributed by atoms with van der Waals surface area (Å²) >= 11 is 9.11. The van der Waals surface area contributed by atoms with E-state index >= 15 is 0 Å². The van der Waals surface area contributed by atoms with Gasteiger partial charge in [0.1, 0.15) is 11.9 Å². The van der Waals surface area contributed by atoms with Crippen molar-refractivity contribution in [2.45, 2.75) is 31.3 Å². The van der Waals surface area contributed by atoms with Gasteiger partial charge < -0.3 is 10.0 Å². The zero-order valence-corrected chi connectivity index (χ0v) is 13.7. The molecule has 1 aromatic rings. The summed E-state index contributed by atoms with van der Waals surface area (Å²) in [5.41, 5.74) is 0.823. The fourth-order valence-corrected chi connectivity index (χ4v) is 3.91. The van der Waals surface area contributed by atoms with Crippen LogP contribution in [0.5, 0.6) is 0 Å². The van der Waals surface area contributed by atoms with Crippen LogP contribution >= 0.6 is 27.5 Å². The Balaban J connectivity index is 2.01. The summed E-state index contributed by atoms with van der Waals surface area (Å²) in [6.45, 7) is 0. The highest BCUT2D eigenvalue weighted by Gasteiger charge is 2.43. The summed E-state index contributed by atoms with van der Waals surface area (Å²) in [5, 5.41) is 9.17. The number of carboxylic acids is 1. The highest BCUT2D eigenvalue weighted by molar-refractivity contribution is 9.10. The number of carbonyl (C=O) groups is 2. The highest BCUT2D eigenvalue weighted by Crippen LogP contribution is 2.40. The highest BCUT2D eigenvalue weighted by atomic mass is 79.9. The van der Waals surface area contributed by atoms with Crippen molar-refractivity contribution in [2.24, 2.45) is 0 Å². The molecule has 1 unspecified atom stereocenters. The van der Waals surface area contributed by atoms with Gasteiger partial charge in [-0.25, -0.2) is 9.18 Å². The zero-order valence-electron chi connectivity index (χ0n) is 11.4. The van der Waals surface area contributed by atoms with E-state index in [1.54, 1.807) is 6.07 Å². The van der Waals surface area contributed by atoms with Gasteiger partial charge in [-0.3, -0.25) is 4.79 Å². The Kier molecular flexibility index (Phi) is 3.99. The van der Waals surface area contributed by atoms with E-state index in [1.165, 1.54) is 17.0 Å². The van der Waals surface area contributed by atoms with E-state index in [0.717, 1.165) is 0 Å². The lowest BCUT2D eigenvalue weighted by Crippen LogP contribution is -2.46. The monoisotopic (exact) mass is 387 g/mol. The molecule has 22 heavy (non-hydrogen) atoms. The van der Waals surface area contributed by atoms with Gasteiger partial charge in [-0.15, -0.1) is 0 Å². The van der Waals surface area contributed by atoms with Crippen LogP contribution in [-0.2, 0) is 9.59 Å². The molecule has 1 aromatic carbocycles. The molecule has 1 fully saturated rings. The van der Waals surface area contributed by atoms with E-state index in [4.69, 9.17) is 11.6 Å². The molecule has 2 atom stereocenters. The summed E-state index contributed by atoms with van der Waals surface area (Å²) in [5.74, 6) is -1.96. The number of rotatable bonds is 2. The van der Waals surface area contributed by atoms with Crippen LogP contribution in [0.15, 0.2) is 22.7 Å². The van der Waals surface area contributed by atoms with Crippen molar-refractivity contribution in [1.82, 2.24) is 4.90 Å². The maximum Gasteiger partial charge on any atom is 0.326 e. The third-order valence-electron chi connectivity index (χ3n) is 4.16. The molecule has 0 spiro atoms. The number of halogens is 3. The van der Waals surface area contributed by atoms with Crippen LogP contribution < -0.4 is 0 Å². The first-order valence-corrected chi connectivity index (χ1v) is 7.96. The van der Waals surface area contributed by atoms with Gasteiger partial charge >= 0.3 is 5.97 Å². The zero-order chi connectivity index (χ0) is 16.0. The minimum absolute atomic E-state index is 0.0104. The van der Waals surface area contributed by atoms with Gasteiger partial charge in [0.05, 0.1) is 5.02 Å². The average Bonchev–Trinajstić information content (AvgIpc) is 2.88. The van der Waals surface area contributed by atoms with Crippen molar-refractivity contribution in [3.8, 4) is 0 Å². The van der Waals surface area contributed by atoms with Crippen molar-refractivity contribution in [3.63, 3.8) is 0 Å². The number of hydrogen-bond donors (Lipinski definition) is 1. The van der Waals surface area contributed by atoms with Crippen molar-refractivity contribution >= 4 is 45.0 Å². The molecular formula is C15H12BrClFNO3. The molecule has 0 aliphatic carbocycles. The van der Waals surface area contributed by atoms with E-state index in [0.29, 0.717) is 29.3 Å². The first-order chi connectivity index (χ1) is 10.4. The number of amides is 1. The Hall–Kier alpha value is -1.40. The second-order valence-corrected chi connectivity index (χ2v) is 6.68. The molecule has 4 nitrogen and oxygen atoms in total. The summed E-state index contributed by atoms with van der Waals surface area (Å²) in [6, 6.07) is 2.08. The molecule has 116 valence electrons. The number of aliphatic carboxylic acids is 1. The minimum atomic E-state index is -0.997. The fourth-order valence-electron chi connectivity index (χ4n) is 3.19. The van der Waals surface area contributed by atoms with Gasteiger partial charge in [0.25, 0.3) is 0 Å². The van der Waals surface area contributed by atoms with E-state index in [9.17, 15) is 19.1 Å². The Bertz CT molecular complexity index is 706. The van der Waals surface area contributed by atoms with Crippen molar-refractivity contribution in [2.75, 3.05) is 0 Å². The third-order valence-corrected chi connectivity index (χ3v) is 5.11. The number of benzene rings is 1. The summed E-state index contributed by atoms with van der Waals surface area (Å²) in [4.78, 5) is 24.9. The van der Waals surface area contributed by atoms with Crippen LogP contribution in [0.25, 0.3) is 5.57 Å². The Morgan fingerprint density at radius 1 is 1.41 bits per heavy atom. The SMILES string of the molecule is O=C(O)[C@@H]1CCC2CC(c3c(Br)ccc(Cl)c3F)=CC(=O)N21. The molecule has 0 saturated carbocycles. The van der Waals surface area contributed by atoms with Crippen molar-refractivity contribution in [1.29, 1.82) is 0 Å². The third kappa shape index (κ3) is 2.44. The van der Waals surface area contributed by atoms with E-state index in [1.807, 2.05) is 0 Å². The maximum absolute atomic E-state index is 14.3. The molecule has 1 saturated heterocycles. The lowest BCUT2D eigenvalue weighted by molar-refractivity contribution is -0.147. The largest absolute Gasteiger partial charge is 0.480 e. The Morgan fingerprint density at radius 2 is 2.14 bits per heavy atom. The number of nitrogens with zero attached hydrogens (tertiary/aromatic N) is 1. The second kappa shape index (κ2) is 5.66. The number of hydrogen-bond acceptors (Lipinski definition) is 2. The van der Waals surface area contributed by atoms with Crippen molar-refractivity contribution in [3.05, 3.63) is 39.1 Å². The van der Waals surface area contributed by atoms with E-state index < -0.39 is 17.8 Å². The summed E-state index contributed by atoms with van der Waals surface area (Å²) in [6.07, 6.45) is 2.76. The molecule has 7 heteroatoms. The molecule has 0 bridgehead atoms. The number of carboxylic acid groups (broad SMARTS) is 1. The van der Waals surface area contributed by atoms with Gasteiger partial charge in [-0.05, 0) is 37.0 Å². The smallest absolute Gasteiger partial charge is 0.326 e. The standard InChI is InChI=1S/C15H12BrClFNO3/c16-9-2-3-10(17)14(18)13(9)7-5-8-1-4-11(15(21)22)19(8)12(20)6-7/h2-3,6,8,11H,1,4-5H2,(H,21,22)/t8?,11-/m0/s1. The molecule has 2 aliphatic rings. The first-order valence-electron chi connectivity index (χ1n) is 6.79. The maximum atomic E-state index is 14.3. The summed E-state index contributed by atoms with van der Waals surface area (Å²) < 4.78 is 14.8. The molecule has 2 aliphatic heterocycles. The summed E-state index contributed by atoms with van der Waals surface area (Å²) in [7, 11) is 0. The number of fused-ring (bicyclic) bond motifs is 1. The Morgan fingerprint density at radius 3 is 2.82 bits per heavy atom. The van der Waals surface area contributed by atoms with Gasteiger partial charge in [0, 0.05) is 22.2 Å². The van der Waals surface area contributed by atoms with Crippen LogP contribution in [0.1, 0.15) is 24.8 Å². The molecule has 2 heterocycles. The molecule has 1 N–H and O–H groups in total. The van der Waals surface area contributed by atoms with Crippen LogP contribution in [0.2, 0.25) is 5.02 Å². The van der Waals surface area contributed by atoms with Gasteiger partial charge in [-0.2, -0.15) is 0 Å². The van der Waals surface area contributed by atoms with Gasteiger partial charge in [-0.1, -0.05) is 27.5 Å². The van der Waals surface area contributed by atoms with Gasteiger partial charge in [0.15, 0.2) is 0 Å². The van der Waals surface area contributed by atoms with E-state index in [-0.39, 0.29) is 22.5 Å².